The number of amides is 1. The Morgan fingerprint density at radius 1 is 0.900 bits per heavy atom. The highest BCUT2D eigenvalue weighted by molar-refractivity contribution is 6.31. The van der Waals surface area contributed by atoms with Crippen molar-refractivity contribution >= 4 is 17.5 Å². The van der Waals surface area contributed by atoms with E-state index >= 15 is 0 Å². The highest BCUT2D eigenvalue weighted by Gasteiger charge is 2.29. The van der Waals surface area contributed by atoms with E-state index in [0.717, 1.165) is 11.1 Å². The quantitative estimate of drug-likeness (QED) is 0.788. The first kappa shape index (κ1) is 14.6. The van der Waals surface area contributed by atoms with Crippen LogP contribution in [0.1, 0.15) is 17.0 Å². The van der Waals surface area contributed by atoms with Crippen LogP contribution in [0.15, 0.2) is 60.7 Å². The number of hydrogen-bond acceptors (Lipinski definition) is 1. The molecule has 0 N–H and O–H groups in total. The van der Waals surface area contributed by atoms with Crippen molar-refractivity contribution in [3.63, 3.8) is 0 Å². The molecule has 1 unspecified atom stereocenters. The third-order valence-corrected chi connectivity index (χ3v) is 3.73. The maximum absolute atomic E-state index is 12.2. The molecule has 104 valence electrons. The van der Waals surface area contributed by atoms with Gasteiger partial charge in [0, 0.05) is 20.0 Å². The van der Waals surface area contributed by atoms with Gasteiger partial charge in [0.25, 0.3) is 0 Å². The molecule has 0 fully saturated rings. The molecular weight excluding hydrogens is 270 g/mol. The van der Waals surface area contributed by atoms with Gasteiger partial charge in [-0.1, -0.05) is 60.7 Å². The summed E-state index contributed by atoms with van der Waals surface area (Å²) < 4.78 is 0. The van der Waals surface area contributed by atoms with E-state index in [0.29, 0.717) is 0 Å². The van der Waals surface area contributed by atoms with Crippen molar-refractivity contribution in [2.24, 2.45) is 0 Å². The predicted octanol–water partition coefficient (Wildman–Crippen LogP) is 3.51. The molecule has 2 aromatic rings. The Morgan fingerprint density at radius 2 is 1.30 bits per heavy atom. The van der Waals surface area contributed by atoms with Crippen LogP contribution < -0.4 is 0 Å². The fraction of sp³-hybridized carbons (Fsp3) is 0.235. The van der Waals surface area contributed by atoms with Gasteiger partial charge in [0.15, 0.2) is 0 Å². The van der Waals surface area contributed by atoms with Crippen LogP contribution in [0, 0.1) is 0 Å². The molecule has 0 spiro atoms. The number of benzene rings is 2. The lowest BCUT2D eigenvalue weighted by atomic mass is 9.88. The summed E-state index contributed by atoms with van der Waals surface area (Å²) >= 11 is 6.47. The molecule has 0 heterocycles. The Morgan fingerprint density at radius 3 is 1.65 bits per heavy atom. The molecule has 3 heteroatoms. The number of hydrogen-bond donors (Lipinski definition) is 0. The van der Waals surface area contributed by atoms with Gasteiger partial charge in [-0.3, -0.25) is 4.79 Å². The van der Waals surface area contributed by atoms with E-state index in [1.54, 1.807) is 14.1 Å². The number of rotatable bonds is 4. The van der Waals surface area contributed by atoms with E-state index in [1.165, 1.54) is 4.90 Å². The summed E-state index contributed by atoms with van der Waals surface area (Å²) in [5, 5.41) is -0.616. The smallest absolute Gasteiger partial charge is 0.241 e. The molecule has 0 saturated carbocycles. The number of alkyl halides is 1. The summed E-state index contributed by atoms with van der Waals surface area (Å²) in [7, 11) is 3.45. The van der Waals surface area contributed by atoms with Gasteiger partial charge in [0.05, 0.1) is 0 Å². The van der Waals surface area contributed by atoms with Crippen LogP contribution in [-0.2, 0) is 4.79 Å². The molecule has 0 aliphatic rings. The summed E-state index contributed by atoms with van der Waals surface area (Å²) in [4.78, 5) is 13.8. The SMILES string of the molecule is CN(C)C(=O)C(Cl)C(c1ccccc1)c1ccccc1. The minimum Gasteiger partial charge on any atom is -0.348 e. The van der Waals surface area contributed by atoms with Crippen LogP contribution in [0.2, 0.25) is 0 Å². The Balaban J connectivity index is 2.43. The lowest BCUT2D eigenvalue weighted by Crippen LogP contribution is -2.34. The predicted molar refractivity (Wildman–Crippen MR) is 83.1 cm³/mol. The summed E-state index contributed by atoms with van der Waals surface area (Å²) in [6.45, 7) is 0. The van der Waals surface area contributed by atoms with E-state index in [4.69, 9.17) is 11.6 Å². The van der Waals surface area contributed by atoms with Gasteiger partial charge in [-0.15, -0.1) is 11.6 Å². The fourth-order valence-corrected chi connectivity index (χ4v) is 2.73. The Hall–Kier alpha value is -1.80. The van der Waals surface area contributed by atoms with E-state index in [9.17, 15) is 4.79 Å². The van der Waals surface area contributed by atoms with E-state index in [2.05, 4.69) is 0 Å². The molecule has 2 rings (SSSR count). The molecule has 0 radical (unpaired) electrons. The van der Waals surface area contributed by atoms with Crippen molar-refractivity contribution in [2.45, 2.75) is 11.3 Å². The lowest BCUT2D eigenvalue weighted by Gasteiger charge is -2.25. The van der Waals surface area contributed by atoms with Crippen molar-refractivity contribution in [3.8, 4) is 0 Å². The third-order valence-electron chi connectivity index (χ3n) is 3.29. The number of carbonyl (C=O) groups is 1. The first-order valence-electron chi connectivity index (χ1n) is 6.56. The molecular formula is C17H18ClNO. The topological polar surface area (TPSA) is 20.3 Å². The average Bonchev–Trinajstić information content (AvgIpc) is 2.48. The van der Waals surface area contributed by atoms with Crippen LogP contribution in [-0.4, -0.2) is 30.3 Å². The summed E-state index contributed by atoms with van der Waals surface area (Å²) in [5.41, 5.74) is 2.10. The van der Waals surface area contributed by atoms with Crippen LogP contribution in [0.5, 0.6) is 0 Å². The zero-order valence-electron chi connectivity index (χ0n) is 11.7. The summed E-state index contributed by atoms with van der Waals surface area (Å²) in [6.07, 6.45) is 0. The van der Waals surface area contributed by atoms with E-state index in [-0.39, 0.29) is 11.8 Å². The van der Waals surface area contributed by atoms with Crippen LogP contribution >= 0.6 is 11.6 Å². The highest BCUT2D eigenvalue weighted by Crippen LogP contribution is 2.31. The van der Waals surface area contributed by atoms with Crippen molar-refractivity contribution < 1.29 is 4.79 Å². The molecule has 1 atom stereocenters. The minimum atomic E-state index is -0.616. The van der Waals surface area contributed by atoms with Gasteiger partial charge in [-0.2, -0.15) is 0 Å². The summed E-state index contributed by atoms with van der Waals surface area (Å²) in [5.74, 6) is -0.224. The molecule has 0 saturated heterocycles. The molecule has 0 aromatic heterocycles. The monoisotopic (exact) mass is 287 g/mol. The van der Waals surface area contributed by atoms with Gasteiger partial charge in [-0.05, 0) is 11.1 Å². The maximum Gasteiger partial charge on any atom is 0.241 e. The molecule has 0 aliphatic carbocycles. The fourth-order valence-electron chi connectivity index (χ4n) is 2.24. The second kappa shape index (κ2) is 6.58. The minimum absolute atomic E-state index is 0.0793. The Labute approximate surface area is 125 Å². The molecule has 2 nitrogen and oxygen atoms in total. The maximum atomic E-state index is 12.2. The van der Waals surface area contributed by atoms with E-state index in [1.807, 2.05) is 60.7 Å². The second-order valence-corrected chi connectivity index (χ2v) is 5.40. The van der Waals surface area contributed by atoms with Gasteiger partial charge in [0.1, 0.15) is 5.38 Å². The van der Waals surface area contributed by atoms with Crippen LogP contribution in [0.3, 0.4) is 0 Å². The third kappa shape index (κ3) is 3.20. The van der Waals surface area contributed by atoms with Crippen molar-refractivity contribution in [2.75, 3.05) is 14.1 Å². The molecule has 0 aliphatic heterocycles. The normalized spacial score (nSPS) is 12.2. The Bertz CT molecular complexity index is 514. The molecule has 20 heavy (non-hydrogen) atoms. The van der Waals surface area contributed by atoms with Crippen LogP contribution in [0.4, 0.5) is 0 Å². The molecule has 0 bridgehead atoms. The number of nitrogens with zero attached hydrogens (tertiary/aromatic N) is 1. The standard InChI is InChI=1S/C17H18ClNO/c1-19(2)17(20)16(18)15(13-9-5-3-6-10-13)14-11-7-4-8-12-14/h3-12,15-16H,1-2H3. The summed E-state index contributed by atoms with van der Waals surface area (Å²) in [6, 6.07) is 19.8. The van der Waals surface area contributed by atoms with E-state index < -0.39 is 5.38 Å². The second-order valence-electron chi connectivity index (χ2n) is 4.93. The first-order chi connectivity index (χ1) is 9.61. The Kier molecular flexibility index (Phi) is 4.80. The van der Waals surface area contributed by atoms with Crippen molar-refractivity contribution in [1.82, 2.24) is 4.90 Å². The number of halogens is 1. The molecule has 2 aromatic carbocycles. The van der Waals surface area contributed by atoms with Crippen LogP contribution in [0.25, 0.3) is 0 Å². The van der Waals surface area contributed by atoms with Crippen molar-refractivity contribution in [1.29, 1.82) is 0 Å². The van der Waals surface area contributed by atoms with Gasteiger partial charge in [-0.25, -0.2) is 0 Å². The van der Waals surface area contributed by atoms with Crippen molar-refractivity contribution in [3.05, 3.63) is 71.8 Å². The largest absolute Gasteiger partial charge is 0.348 e. The van der Waals surface area contributed by atoms with Gasteiger partial charge >= 0.3 is 0 Å². The molecule has 1 amide bonds. The zero-order chi connectivity index (χ0) is 14.5. The first-order valence-corrected chi connectivity index (χ1v) is 7.00. The number of carbonyl (C=O) groups excluding carboxylic acids is 1. The van der Waals surface area contributed by atoms with Gasteiger partial charge < -0.3 is 4.90 Å². The highest BCUT2D eigenvalue weighted by atomic mass is 35.5. The lowest BCUT2D eigenvalue weighted by molar-refractivity contribution is -0.128. The van der Waals surface area contributed by atoms with Gasteiger partial charge in [0.2, 0.25) is 5.91 Å². The average molecular weight is 288 g/mol. The zero-order valence-corrected chi connectivity index (χ0v) is 12.4.